The van der Waals surface area contributed by atoms with Crippen LogP contribution in [0.1, 0.15) is 32.6 Å². The molecule has 3 heteroatoms. The molecule has 1 aromatic carbocycles. The summed E-state index contributed by atoms with van der Waals surface area (Å²) in [6.07, 6.45) is 6.55. The largest absolute Gasteiger partial charge is 0.493 e. The molecule has 0 aliphatic carbocycles. The molecule has 0 saturated carbocycles. The molecule has 0 fully saturated rings. The molecule has 0 bridgehead atoms. The molecule has 2 aromatic rings. The number of nitrogens with zero attached hydrogens (tertiary/aromatic N) is 1. The fourth-order valence-corrected chi connectivity index (χ4v) is 2.21. The van der Waals surface area contributed by atoms with E-state index in [-0.39, 0.29) is 0 Å². The molecule has 0 unspecified atom stereocenters. The van der Waals surface area contributed by atoms with E-state index in [1.165, 1.54) is 19.3 Å². The summed E-state index contributed by atoms with van der Waals surface area (Å²) in [5.41, 5.74) is 0.994. The van der Waals surface area contributed by atoms with Gasteiger partial charge in [0.15, 0.2) is 0 Å². The Hall–Kier alpha value is -1.61. The van der Waals surface area contributed by atoms with Gasteiger partial charge in [-0.15, -0.1) is 0 Å². The molecule has 0 spiro atoms. The summed E-state index contributed by atoms with van der Waals surface area (Å²) in [5, 5.41) is 4.52. The standard InChI is InChI=1S/C17H24N2O/c1-2-11-18-12-4-3-5-14-20-17-10-6-9-16-15(17)8-7-13-19-16/h6-10,13,18H,2-5,11-12,14H2,1H3. The van der Waals surface area contributed by atoms with E-state index in [4.69, 9.17) is 4.74 Å². The molecule has 20 heavy (non-hydrogen) atoms. The van der Waals surface area contributed by atoms with E-state index in [0.29, 0.717) is 0 Å². The molecule has 0 radical (unpaired) electrons. The molecule has 0 saturated heterocycles. The third kappa shape index (κ3) is 4.49. The Labute approximate surface area is 121 Å². The summed E-state index contributed by atoms with van der Waals surface area (Å²) < 4.78 is 5.89. The van der Waals surface area contributed by atoms with Gasteiger partial charge in [-0.05, 0) is 63.0 Å². The second kappa shape index (κ2) is 8.54. The maximum absolute atomic E-state index is 5.89. The summed E-state index contributed by atoms with van der Waals surface area (Å²) in [4.78, 5) is 4.34. The second-order valence-corrected chi connectivity index (χ2v) is 4.99. The van der Waals surface area contributed by atoms with Crippen LogP contribution >= 0.6 is 0 Å². The van der Waals surface area contributed by atoms with Crippen LogP contribution in [0, 0.1) is 0 Å². The highest BCUT2D eigenvalue weighted by atomic mass is 16.5. The van der Waals surface area contributed by atoms with Crippen LogP contribution in [-0.4, -0.2) is 24.7 Å². The van der Waals surface area contributed by atoms with Crippen molar-refractivity contribution in [2.45, 2.75) is 32.6 Å². The predicted octanol–water partition coefficient (Wildman–Crippen LogP) is 3.78. The van der Waals surface area contributed by atoms with E-state index in [2.05, 4.69) is 23.3 Å². The van der Waals surface area contributed by atoms with Gasteiger partial charge >= 0.3 is 0 Å². The van der Waals surface area contributed by atoms with Crippen LogP contribution in [0.25, 0.3) is 10.9 Å². The third-order valence-electron chi connectivity index (χ3n) is 3.29. The van der Waals surface area contributed by atoms with Gasteiger partial charge in [0.25, 0.3) is 0 Å². The molecule has 1 heterocycles. The summed E-state index contributed by atoms with van der Waals surface area (Å²) >= 11 is 0. The van der Waals surface area contributed by atoms with Crippen molar-refractivity contribution in [3.8, 4) is 5.75 Å². The van der Waals surface area contributed by atoms with E-state index >= 15 is 0 Å². The number of unbranched alkanes of at least 4 members (excludes halogenated alkanes) is 2. The van der Waals surface area contributed by atoms with E-state index in [0.717, 1.165) is 42.8 Å². The van der Waals surface area contributed by atoms with Gasteiger partial charge in [-0.3, -0.25) is 4.98 Å². The van der Waals surface area contributed by atoms with Gasteiger partial charge < -0.3 is 10.1 Å². The van der Waals surface area contributed by atoms with Crippen molar-refractivity contribution in [3.63, 3.8) is 0 Å². The average Bonchev–Trinajstić information content (AvgIpc) is 2.50. The number of hydrogen-bond acceptors (Lipinski definition) is 3. The number of hydrogen-bond donors (Lipinski definition) is 1. The number of pyridine rings is 1. The molecular formula is C17H24N2O. The normalized spacial score (nSPS) is 10.8. The van der Waals surface area contributed by atoms with Crippen LogP contribution in [0.3, 0.4) is 0 Å². The predicted molar refractivity (Wildman–Crippen MR) is 84.2 cm³/mol. The quantitative estimate of drug-likeness (QED) is 0.705. The van der Waals surface area contributed by atoms with Gasteiger partial charge in [-0.2, -0.15) is 0 Å². The first kappa shape index (κ1) is 14.8. The third-order valence-corrected chi connectivity index (χ3v) is 3.29. The maximum Gasteiger partial charge on any atom is 0.128 e. The van der Waals surface area contributed by atoms with Crippen LogP contribution in [0.4, 0.5) is 0 Å². The van der Waals surface area contributed by atoms with Gasteiger partial charge in [0.05, 0.1) is 12.1 Å². The zero-order valence-corrected chi connectivity index (χ0v) is 12.3. The fourth-order valence-electron chi connectivity index (χ4n) is 2.21. The molecule has 0 aliphatic rings. The van der Waals surface area contributed by atoms with Crippen LogP contribution in [0.15, 0.2) is 36.5 Å². The molecule has 0 aliphatic heterocycles. The first-order chi connectivity index (χ1) is 9.92. The van der Waals surface area contributed by atoms with Crippen LogP contribution < -0.4 is 10.1 Å². The lowest BCUT2D eigenvalue weighted by Gasteiger charge is -2.09. The highest BCUT2D eigenvalue weighted by Gasteiger charge is 2.01. The zero-order chi connectivity index (χ0) is 14.0. The highest BCUT2D eigenvalue weighted by Crippen LogP contribution is 2.23. The molecule has 2 rings (SSSR count). The minimum atomic E-state index is 0.780. The lowest BCUT2D eigenvalue weighted by molar-refractivity contribution is 0.308. The van der Waals surface area contributed by atoms with Crippen LogP contribution in [0.2, 0.25) is 0 Å². The first-order valence-electron chi connectivity index (χ1n) is 7.59. The smallest absolute Gasteiger partial charge is 0.128 e. The van der Waals surface area contributed by atoms with Gasteiger partial charge in [0, 0.05) is 11.6 Å². The number of benzene rings is 1. The molecule has 0 atom stereocenters. The summed E-state index contributed by atoms with van der Waals surface area (Å²) in [5.74, 6) is 0.944. The Morgan fingerprint density at radius 1 is 1.05 bits per heavy atom. The second-order valence-electron chi connectivity index (χ2n) is 4.99. The minimum Gasteiger partial charge on any atom is -0.493 e. The van der Waals surface area contributed by atoms with Crippen molar-refractivity contribution in [3.05, 3.63) is 36.5 Å². The van der Waals surface area contributed by atoms with Crippen molar-refractivity contribution >= 4 is 10.9 Å². The number of fused-ring (bicyclic) bond motifs is 1. The van der Waals surface area contributed by atoms with Crippen molar-refractivity contribution in [1.29, 1.82) is 0 Å². The first-order valence-corrected chi connectivity index (χ1v) is 7.59. The molecule has 108 valence electrons. The van der Waals surface area contributed by atoms with Crippen molar-refractivity contribution in [2.75, 3.05) is 19.7 Å². The fraction of sp³-hybridized carbons (Fsp3) is 0.471. The molecule has 0 amide bonds. The summed E-state index contributed by atoms with van der Waals surface area (Å²) in [7, 11) is 0. The van der Waals surface area contributed by atoms with Gasteiger partial charge in [0.2, 0.25) is 0 Å². The number of aromatic nitrogens is 1. The average molecular weight is 272 g/mol. The Morgan fingerprint density at radius 2 is 2.00 bits per heavy atom. The molecule has 1 aromatic heterocycles. The highest BCUT2D eigenvalue weighted by molar-refractivity contribution is 5.84. The summed E-state index contributed by atoms with van der Waals surface area (Å²) in [6, 6.07) is 10.1. The Balaban J connectivity index is 1.71. The van der Waals surface area contributed by atoms with Gasteiger partial charge in [-0.1, -0.05) is 13.0 Å². The SMILES string of the molecule is CCCNCCCCCOc1cccc2ncccc12. The number of nitrogens with one attached hydrogen (secondary N) is 1. The topological polar surface area (TPSA) is 34.1 Å². The van der Waals surface area contributed by atoms with E-state index < -0.39 is 0 Å². The Kier molecular flexibility index (Phi) is 6.32. The lowest BCUT2D eigenvalue weighted by Crippen LogP contribution is -2.15. The lowest BCUT2D eigenvalue weighted by atomic mass is 10.2. The minimum absolute atomic E-state index is 0.780. The van der Waals surface area contributed by atoms with Gasteiger partial charge in [-0.25, -0.2) is 0 Å². The Morgan fingerprint density at radius 3 is 2.90 bits per heavy atom. The van der Waals surface area contributed by atoms with Gasteiger partial charge in [0.1, 0.15) is 5.75 Å². The molecular weight excluding hydrogens is 248 g/mol. The van der Waals surface area contributed by atoms with E-state index in [1.807, 2.05) is 30.5 Å². The van der Waals surface area contributed by atoms with Crippen LogP contribution in [0.5, 0.6) is 5.75 Å². The van der Waals surface area contributed by atoms with E-state index in [1.54, 1.807) is 0 Å². The van der Waals surface area contributed by atoms with E-state index in [9.17, 15) is 0 Å². The number of ether oxygens (including phenoxy) is 1. The number of rotatable bonds is 9. The Bertz CT molecular complexity index is 508. The molecule has 1 N–H and O–H groups in total. The van der Waals surface area contributed by atoms with Crippen molar-refractivity contribution < 1.29 is 4.74 Å². The zero-order valence-electron chi connectivity index (χ0n) is 12.3. The molecule has 3 nitrogen and oxygen atoms in total. The van der Waals surface area contributed by atoms with Crippen LogP contribution in [-0.2, 0) is 0 Å². The summed E-state index contributed by atoms with van der Waals surface area (Å²) in [6.45, 7) is 5.22. The monoisotopic (exact) mass is 272 g/mol. The van der Waals surface area contributed by atoms with Crippen molar-refractivity contribution in [1.82, 2.24) is 10.3 Å². The van der Waals surface area contributed by atoms with Crippen molar-refractivity contribution in [2.24, 2.45) is 0 Å². The maximum atomic E-state index is 5.89.